The van der Waals surface area contributed by atoms with E-state index < -0.39 is 23.7 Å². The summed E-state index contributed by atoms with van der Waals surface area (Å²) in [7, 11) is 0. The van der Waals surface area contributed by atoms with E-state index in [9.17, 15) is 23.1 Å². The van der Waals surface area contributed by atoms with E-state index in [-0.39, 0.29) is 30.0 Å². The number of amides is 1. The van der Waals surface area contributed by atoms with Crippen LogP contribution < -0.4 is 5.32 Å². The number of aliphatic hydroxyl groups is 1. The Kier molecular flexibility index (Phi) is 6.76. The lowest BCUT2D eigenvalue weighted by atomic mass is 9.90. The molecule has 11 nitrogen and oxygen atoms in total. The van der Waals surface area contributed by atoms with Crippen molar-refractivity contribution in [1.29, 1.82) is 0 Å². The van der Waals surface area contributed by atoms with Crippen molar-refractivity contribution in [1.82, 2.24) is 34.2 Å². The Morgan fingerprint density at radius 3 is 2.73 bits per heavy atom. The second-order valence-electron chi connectivity index (χ2n) is 11.4. The summed E-state index contributed by atoms with van der Waals surface area (Å²) < 4.78 is 42.5. The number of imidazole rings is 1. The van der Waals surface area contributed by atoms with Gasteiger partial charge >= 0.3 is 6.18 Å². The molecule has 15 heteroatoms. The van der Waals surface area contributed by atoms with Gasteiger partial charge in [-0.2, -0.15) is 13.2 Å². The molecule has 3 aliphatic rings. The second-order valence-corrected chi connectivity index (χ2v) is 12.3. The maximum absolute atomic E-state index is 13.4. The molecule has 1 saturated heterocycles. The fraction of sp³-hybridized carbons (Fsp3) is 0.538. The number of aromatic nitrogens is 6. The molecular weight excluding hydrogens is 559 g/mol. The molecule has 0 aromatic carbocycles. The zero-order valence-corrected chi connectivity index (χ0v) is 23.5. The zero-order chi connectivity index (χ0) is 29.1. The van der Waals surface area contributed by atoms with Crippen LogP contribution in [0.5, 0.6) is 0 Å². The molecular formula is C26H30F3N9O2S. The van der Waals surface area contributed by atoms with Crippen molar-refractivity contribution in [3.8, 4) is 10.8 Å². The predicted octanol–water partition coefficient (Wildman–Crippen LogP) is 3.64. The summed E-state index contributed by atoms with van der Waals surface area (Å²) in [6.07, 6.45) is 4.59. The van der Waals surface area contributed by atoms with Gasteiger partial charge in [0.15, 0.2) is 10.8 Å². The van der Waals surface area contributed by atoms with Gasteiger partial charge in [0.05, 0.1) is 34.9 Å². The summed E-state index contributed by atoms with van der Waals surface area (Å²) in [5.74, 6) is -1.36. The number of nitrogens with one attached hydrogen (secondary N) is 1. The first-order chi connectivity index (χ1) is 19.4. The van der Waals surface area contributed by atoms with Gasteiger partial charge in [-0.15, -0.1) is 21.5 Å². The van der Waals surface area contributed by atoms with E-state index in [2.05, 4.69) is 30.5 Å². The van der Waals surface area contributed by atoms with E-state index in [1.54, 1.807) is 24.8 Å². The van der Waals surface area contributed by atoms with Gasteiger partial charge in [0.2, 0.25) is 0 Å². The first-order valence-corrected chi connectivity index (χ1v) is 14.3. The molecule has 0 bridgehead atoms. The van der Waals surface area contributed by atoms with Gasteiger partial charge in [-0.1, -0.05) is 13.8 Å². The van der Waals surface area contributed by atoms with Crippen LogP contribution in [0.4, 0.5) is 19.0 Å². The van der Waals surface area contributed by atoms with E-state index in [4.69, 9.17) is 0 Å². The summed E-state index contributed by atoms with van der Waals surface area (Å²) >= 11 is 1.15. The number of carbonyl (C=O) groups excluding carboxylic acids is 1. The van der Waals surface area contributed by atoms with Crippen molar-refractivity contribution in [3.63, 3.8) is 0 Å². The van der Waals surface area contributed by atoms with Crippen molar-refractivity contribution in [3.05, 3.63) is 35.6 Å². The molecule has 1 amide bonds. The number of carbonyl (C=O) groups is 1. The number of halogens is 3. The third-order valence-electron chi connectivity index (χ3n) is 7.67. The molecule has 0 radical (unpaired) electrons. The van der Waals surface area contributed by atoms with E-state index >= 15 is 0 Å². The van der Waals surface area contributed by atoms with Crippen molar-refractivity contribution < 1.29 is 23.1 Å². The van der Waals surface area contributed by atoms with Gasteiger partial charge in [0.25, 0.3) is 5.91 Å². The molecule has 1 aliphatic carbocycles. The van der Waals surface area contributed by atoms with E-state index in [1.165, 1.54) is 10.9 Å². The molecule has 3 aromatic heterocycles. The van der Waals surface area contributed by atoms with Crippen LogP contribution in [0.1, 0.15) is 45.2 Å². The standard InChI is InChI=1S/C26H30F3N9O2S/c1-14(26(27,28)29)7-37-13-32-35-22(37)24-34-19(9-41-24)33-23(39)20-15(2)21(36-8-17(31-12-36)16-4-5-16)18(6-30-20)38-10-25(3,40)11-38/h6,8-9,12-16,20,40H,4-5,7,10-11H2,1-3H3,(H,33,39)/t14-,15?,20?/m1/s1. The number of allylic oxidation sites excluding steroid dienone is 1. The molecule has 2 fully saturated rings. The molecule has 2 aliphatic heterocycles. The number of alkyl halides is 3. The smallest absolute Gasteiger partial charge is 0.386 e. The molecule has 41 heavy (non-hydrogen) atoms. The lowest BCUT2D eigenvalue weighted by Crippen LogP contribution is -2.60. The number of dihydropyridines is 1. The van der Waals surface area contributed by atoms with Crippen LogP contribution in [0.25, 0.3) is 16.5 Å². The minimum atomic E-state index is -4.35. The van der Waals surface area contributed by atoms with Crippen LogP contribution in [0.15, 0.2) is 34.9 Å². The molecule has 2 unspecified atom stereocenters. The minimum absolute atomic E-state index is 0.197. The summed E-state index contributed by atoms with van der Waals surface area (Å²) in [6.45, 7) is 5.38. The topological polar surface area (TPSA) is 126 Å². The monoisotopic (exact) mass is 589 g/mol. The number of aliphatic imine (C=N–C) groups is 1. The Labute approximate surface area is 237 Å². The third-order valence-corrected chi connectivity index (χ3v) is 8.50. The van der Waals surface area contributed by atoms with Crippen molar-refractivity contribution in [2.24, 2.45) is 16.8 Å². The lowest BCUT2D eigenvalue weighted by molar-refractivity contribution is -0.172. The Bertz CT molecular complexity index is 1510. The summed E-state index contributed by atoms with van der Waals surface area (Å²) in [5, 5.41) is 22.8. The fourth-order valence-electron chi connectivity index (χ4n) is 5.23. The van der Waals surface area contributed by atoms with Gasteiger partial charge in [-0.05, 0) is 19.8 Å². The highest BCUT2D eigenvalue weighted by Crippen LogP contribution is 2.41. The highest BCUT2D eigenvalue weighted by Gasteiger charge is 2.42. The molecule has 3 atom stereocenters. The van der Waals surface area contributed by atoms with Gasteiger partial charge in [0.1, 0.15) is 18.2 Å². The molecule has 0 spiro atoms. The SMILES string of the molecule is CC1C(n2cnc(C3CC3)c2)=C(N2CC(C)(O)C2)C=NC1C(=O)Nc1csc(-c2nncn2C[C@@H](C)C(F)(F)F)n1. The van der Waals surface area contributed by atoms with Crippen LogP contribution in [0, 0.1) is 11.8 Å². The average molecular weight is 590 g/mol. The number of nitrogens with zero attached hydrogens (tertiary/aromatic N) is 8. The van der Waals surface area contributed by atoms with Gasteiger partial charge in [-0.25, -0.2) is 9.97 Å². The van der Waals surface area contributed by atoms with E-state index in [1.807, 2.05) is 22.6 Å². The maximum Gasteiger partial charge on any atom is 0.393 e. The van der Waals surface area contributed by atoms with Crippen LogP contribution in [-0.2, 0) is 11.3 Å². The molecule has 3 aromatic rings. The van der Waals surface area contributed by atoms with Crippen LogP contribution in [-0.4, -0.2) is 82.3 Å². The largest absolute Gasteiger partial charge is 0.393 e. The number of hydrogen-bond donors (Lipinski definition) is 2. The first kappa shape index (κ1) is 27.6. The molecule has 5 heterocycles. The summed E-state index contributed by atoms with van der Waals surface area (Å²) in [4.78, 5) is 29.1. The normalized spacial score (nSPS) is 23.0. The van der Waals surface area contributed by atoms with E-state index in [0.717, 1.165) is 48.2 Å². The number of likely N-dealkylation sites (tertiary alicyclic amines) is 1. The lowest BCUT2D eigenvalue weighted by Gasteiger charge is -2.47. The fourth-order valence-corrected chi connectivity index (χ4v) is 5.98. The number of hydrogen-bond acceptors (Lipinski definition) is 9. The number of β-amino-alcohol motifs (C(OH)–C–C–N with tert-alkyl or cyclic N) is 1. The average Bonchev–Trinajstić information content (AvgIpc) is 3.24. The minimum Gasteiger partial charge on any atom is -0.386 e. The first-order valence-electron chi connectivity index (χ1n) is 13.4. The summed E-state index contributed by atoms with van der Waals surface area (Å²) in [6, 6.07) is -0.760. The Balaban J connectivity index is 1.20. The van der Waals surface area contributed by atoms with Crippen molar-refractivity contribution in [2.45, 2.75) is 63.9 Å². The molecule has 6 rings (SSSR count). The third kappa shape index (κ3) is 5.52. The van der Waals surface area contributed by atoms with Crippen LogP contribution in [0.3, 0.4) is 0 Å². The van der Waals surface area contributed by atoms with Gasteiger partial charge in [-0.3, -0.25) is 9.79 Å². The second kappa shape index (κ2) is 10.0. The Morgan fingerprint density at radius 1 is 1.29 bits per heavy atom. The van der Waals surface area contributed by atoms with Crippen molar-refractivity contribution in [2.75, 3.05) is 18.4 Å². The Morgan fingerprint density at radius 2 is 2.05 bits per heavy atom. The Hall–Kier alpha value is -3.59. The summed E-state index contributed by atoms with van der Waals surface area (Å²) in [5.41, 5.74) is 1.96. The van der Waals surface area contributed by atoms with Crippen molar-refractivity contribution >= 4 is 35.0 Å². The van der Waals surface area contributed by atoms with Gasteiger partial charge < -0.3 is 24.5 Å². The molecule has 2 N–H and O–H groups in total. The maximum atomic E-state index is 13.4. The highest BCUT2D eigenvalue weighted by atomic mass is 32.1. The van der Waals surface area contributed by atoms with Gasteiger partial charge in [0, 0.05) is 49.3 Å². The quantitative estimate of drug-likeness (QED) is 0.411. The van der Waals surface area contributed by atoms with E-state index in [0.29, 0.717) is 24.0 Å². The number of anilines is 1. The van der Waals surface area contributed by atoms with Crippen LogP contribution >= 0.6 is 11.3 Å². The molecule has 1 saturated carbocycles. The highest BCUT2D eigenvalue weighted by molar-refractivity contribution is 7.13. The number of thiazole rings is 1. The predicted molar refractivity (Wildman–Crippen MR) is 146 cm³/mol. The van der Waals surface area contributed by atoms with Crippen LogP contribution in [0.2, 0.25) is 0 Å². The number of rotatable bonds is 8. The zero-order valence-electron chi connectivity index (χ0n) is 22.7. The molecule has 218 valence electrons.